The van der Waals surface area contributed by atoms with Gasteiger partial charge in [-0.3, -0.25) is 18.9 Å². The van der Waals surface area contributed by atoms with Gasteiger partial charge in [0.1, 0.15) is 23.4 Å². The zero-order valence-electron chi connectivity index (χ0n) is 16.5. The van der Waals surface area contributed by atoms with Crippen LogP contribution in [0.5, 0.6) is 0 Å². The summed E-state index contributed by atoms with van der Waals surface area (Å²) < 4.78 is 52.2. The van der Waals surface area contributed by atoms with E-state index in [-0.39, 0.29) is 0 Å². The summed E-state index contributed by atoms with van der Waals surface area (Å²) in [5.41, 5.74) is -5.83. The molecule has 1 aliphatic rings. The van der Waals surface area contributed by atoms with E-state index >= 15 is 0 Å². The number of phosphoric acid groups is 3. The van der Waals surface area contributed by atoms with E-state index in [1.165, 1.54) is 0 Å². The molecule has 7 N–H and O–H groups in total. The SMILES string of the molecule is C[C@]1(O)[C@H](Cn2ccc(=O)[nH]c2=O)O[C@](CCl)(COP(=O)(O)OP(=O)(O)OP(=O)(O)O)[C@H]1O. The van der Waals surface area contributed by atoms with Crippen molar-refractivity contribution in [3.63, 3.8) is 0 Å². The van der Waals surface area contributed by atoms with Gasteiger partial charge in [-0.2, -0.15) is 8.62 Å². The van der Waals surface area contributed by atoms with E-state index < -0.39 is 77.2 Å². The maximum atomic E-state index is 12.0. The first-order valence-electron chi connectivity index (χ1n) is 8.55. The van der Waals surface area contributed by atoms with Crippen molar-refractivity contribution in [2.75, 3.05) is 12.5 Å². The average molecular weight is 561 g/mol. The van der Waals surface area contributed by atoms with E-state index in [1.807, 2.05) is 4.98 Å². The van der Waals surface area contributed by atoms with E-state index in [4.69, 9.17) is 26.1 Å². The van der Waals surface area contributed by atoms with Crippen LogP contribution in [-0.4, -0.2) is 75.2 Å². The van der Waals surface area contributed by atoms with Crippen LogP contribution in [0.1, 0.15) is 6.92 Å². The third-order valence-corrected chi connectivity index (χ3v) is 8.69. The summed E-state index contributed by atoms with van der Waals surface area (Å²) in [4.78, 5) is 60.9. The molecule has 1 aromatic heterocycles. The monoisotopic (exact) mass is 560 g/mol. The van der Waals surface area contributed by atoms with Crippen LogP contribution in [0.2, 0.25) is 0 Å². The summed E-state index contributed by atoms with van der Waals surface area (Å²) in [7, 11) is -17.0. The minimum absolute atomic E-state index is 0.423. The zero-order valence-corrected chi connectivity index (χ0v) is 19.9. The van der Waals surface area contributed by atoms with Gasteiger partial charge >= 0.3 is 29.2 Å². The highest BCUT2D eigenvalue weighted by atomic mass is 35.5. The van der Waals surface area contributed by atoms with Crippen LogP contribution >= 0.6 is 35.1 Å². The fraction of sp³-hybridized carbons (Fsp3) is 0.667. The van der Waals surface area contributed by atoms with Gasteiger partial charge in [0.25, 0.3) is 5.56 Å². The van der Waals surface area contributed by atoms with E-state index in [2.05, 4.69) is 13.1 Å². The average Bonchev–Trinajstić information content (AvgIpc) is 2.80. The number of hydrogen-bond acceptors (Lipinski definition) is 11. The molecule has 17 nitrogen and oxygen atoms in total. The standard InChI is InChI=1S/C12H20ClN2O15P3/c1-11(19)7(4-15-3-2-8(16)14-10(15)18)28-12(5-13,9(11)17)6-27-32(23,24)30-33(25,26)29-31(20,21)22/h2-3,7,9,17,19H,4-6H2,1H3,(H,23,24)(H,25,26)(H,14,16,18)(H2,20,21,22)/t7-,9-,11-,12+/m0/s1. The molecule has 2 rings (SSSR count). The Morgan fingerprint density at radius 2 is 1.79 bits per heavy atom. The Labute approximate surface area is 188 Å². The van der Waals surface area contributed by atoms with Crippen molar-refractivity contribution >= 4 is 35.1 Å². The summed E-state index contributed by atoms with van der Waals surface area (Å²) in [6.07, 6.45) is -2.22. The number of aliphatic hydroxyl groups is 2. The number of aromatic amines is 1. The molecule has 190 valence electrons. The van der Waals surface area contributed by atoms with Crippen molar-refractivity contribution in [1.29, 1.82) is 0 Å². The van der Waals surface area contributed by atoms with E-state index in [0.29, 0.717) is 0 Å². The molecule has 21 heteroatoms. The minimum atomic E-state index is -5.79. The number of nitrogens with one attached hydrogen (secondary N) is 1. The predicted molar refractivity (Wildman–Crippen MR) is 106 cm³/mol. The first kappa shape index (κ1) is 28.5. The van der Waals surface area contributed by atoms with Crippen LogP contribution in [0.15, 0.2) is 21.9 Å². The van der Waals surface area contributed by atoms with Crippen LogP contribution in [0.3, 0.4) is 0 Å². The zero-order chi connectivity index (χ0) is 25.5. The second-order valence-electron chi connectivity index (χ2n) is 7.06. The Kier molecular flexibility index (Phi) is 8.40. The van der Waals surface area contributed by atoms with Gasteiger partial charge < -0.3 is 34.5 Å². The number of phosphoric ester groups is 1. The number of hydrogen-bond donors (Lipinski definition) is 7. The van der Waals surface area contributed by atoms with E-state index in [9.17, 15) is 43.3 Å². The molecule has 1 aliphatic heterocycles. The summed E-state index contributed by atoms with van der Waals surface area (Å²) in [6, 6.07) is 1.01. The van der Waals surface area contributed by atoms with Gasteiger partial charge in [-0.1, -0.05) is 0 Å². The molecule has 1 fully saturated rings. The summed E-state index contributed by atoms with van der Waals surface area (Å²) in [5.74, 6) is -0.683. The Bertz CT molecular complexity index is 1130. The minimum Gasteiger partial charge on any atom is -0.387 e. The lowest BCUT2D eigenvalue weighted by atomic mass is 9.87. The lowest BCUT2D eigenvalue weighted by molar-refractivity contribution is -0.0966. The van der Waals surface area contributed by atoms with Gasteiger partial charge in [0, 0.05) is 12.3 Å². The molecule has 1 saturated heterocycles. The number of alkyl halides is 1. The Morgan fingerprint density at radius 1 is 1.18 bits per heavy atom. The summed E-state index contributed by atoms with van der Waals surface area (Å²) in [5, 5.41) is 21.3. The molecule has 0 aliphatic carbocycles. The van der Waals surface area contributed by atoms with Crippen molar-refractivity contribution in [2.45, 2.75) is 36.9 Å². The van der Waals surface area contributed by atoms with Crippen molar-refractivity contribution in [2.24, 2.45) is 0 Å². The maximum absolute atomic E-state index is 12.0. The molecule has 2 heterocycles. The number of halogens is 1. The quantitative estimate of drug-likeness (QED) is 0.125. The predicted octanol–water partition coefficient (Wildman–Crippen LogP) is -1.63. The Hall–Kier alpha value is -0.740. The second-order valence-corrected chi connectivity index (χ2v) is 11.7. The fourth-order valence-corrected chi connectivity index (χ4v) is 6.28. The molecule has 2 unspecified atom stereocenters. The summed E-state index contributed by atoms with van der Waals surface area (Å²) >= 11 is 5.82. The van der Waals surface area contributed by atoms with Crippen molar-refractivity contribution in [1.82, 2.24) is 9.55 Å². The second kappa shape index (κ2) is 9.72. The van der Waals surface area contributed by atoms with Crippen LogP contribution in [0.4, 0.5) is 0 Å². The molecule has 0 radical (unpaired) electrons. The molecule has 0 spiro atoms. The molecule has 1 aromatic rings. The summed E-state index contributed by atoms with van der Waals surface area (Å²) in [6.45, 7) is -0.472. The van der Waals surface area contributed by atoms with Crippen molar-refractivity contribution in [3.05, 3.63) is 33.1 Å². The molecule has 0 amide bonds. The highest BCUT2D eigenvalue weighted by Crippen LogP contribution is 2.66. The normalized spacial score (nSPS) is 31.8. The van der Waals surface area contributed by atoms with Gasteiger partial charge in [0.05, 0.1) is 19.0 Å². The van der Waals surface area contributed by atoms with Crippen LogP contribution in [0.25, 0.3) is 0 Å². The van der Waals surface area contributed by atoms with Gasteiger partial charge in [0.15, 0.2) is 0 Å². The highest BCUT2D eigenvalue weighted by molar-refractivity contribution is 7.66. The van der Waals surface area contributed by atoms with E-state index in [1.54, 1.807) is 0 Å². The number of aliphatic hydroxyl groups excluding tert-OH is 1. The highest BCUT2D eigenvalue weighted by Gasteiger charge is 2.61. The molecular weight excluding hydrogens is 541 g/mol. The molecule has 0 saturated carbocycles. The Morgan fingerprint density at radius 3 is 2.30 bits per heavy atom. The third kappa shape index (κ3) is 7.13. The van der Waals surface area contributed by atoms with Crippen LogP contribution in [0, 0.1) is 0 Å². The molecule has 33 heavy (non-hydrogen) atoms. The molecular formula is C12H20ClN2O15P3. The van der Waals surface area contributed by atoms with Crippen LogP contribution < -0.4 is 11.2 Å². The van der Waals surface area contributed by atoms with Gasteiger partial charge in [-0.25, -0.2) is 18.5 Å². The smallest absolute Gasteiger partial charge is 0.387 e. The third-order valence-electron chi connectivity index (χ3n) is 4.45. The topological polar surface area (TPSA) is 264 Å². The van der Waals surface area contributed by atoms with Crippen LogP contribution in [-0.2, 0) is 38.1 Å². The number of ether oxygens (including phenoxy) is 1. The number of aromatic nitrogens is 2. The van der Waals surface area contributed by atoms with Crippen molar-refractivity contribution in [3.8, 4) is 0 Å². The molecule has 0 bridgehead atoms. The largest absolute Gasteiger partial charge is 0.490 e. The van der Waals surface area contributed by atoms with Crippen molar-refractivity contribution < 1.29 is 61.4 Å². The van der Waals surface area contributed by atoms with Gasteiger partial charge in [-0.15, -0.1) is 11.6 Å². The first-order chi connectivity index (χ1) is 14.8. The molecule has 0 aromatic carbocycles. The molecule has 6 atom stereocenters. The maximum Gasteiger partial charge on any atom is 0.490 e. The van der Waals surface area contributed by atoms with E-state index in [0.717, 1.165) is 23.8 Å². The number of nitrogens with zero attached hydrogens (tertiary/aromatic N) is 1. The lowest BCUT2D eigenvalue weighted by Gasteiger charge is -2.32. The fourth-order valence-electron chi connectivity index (χ4n) is 2.91. The van der Waals surface area contributed by atoms with Gasteiger partial charge in [0.2, 0.25) is 0 Å². The number of rotatable bonds is 10. The Balaban J connectivity index is 2.21. The van der Waals surface area contributed by atoms with Gasteiger partial charge in [-0.05, 0) is 6.92 Å². The number of H-pyrrole nitrogens is 1. The first-order valence-corrected chi connectivity index (χ1v) is 13.6. The lowest BCUT2D eigenvalue weighted by Crippen LogP contribution is -2.53.